The van der Waals surface area contributed by atoms with E-state index in [2.05, 4.69) is 13.8 Å². The highest BCUT2D eigenvalue weighted by molar-refractivity contribution is 5.50. The Morgan fingerprint density at radius 3 is 2.64 bits per heavy atom. The lowest BCUT2D eigenvalue weighted by Gasteiger charge is -2.38. The van der Waals surface area contributed by atoms with E-state index in [4.69, 9.17) is 0 Å². The highest BCUT2D eigenvalue weighted by Gasteiger charge is 2.52. The van der Waals surface area contributed by atoms with Crippen molar-refractivity contribution in [2.45, 2.75) is 26.3 Å². The van der Waals surface area contributed by atoms with Crippen molar-refractivity contribution in [3.05, 3.63) is 0 Å². The van der Waals surface area contributed by atoms with Gasteiger partial charge in [-0.2, -0.15) is 0 Å². The SMILES string of the molecule is CC(C)C1C2CC1N(C=O)C2. The molecule has 3 unspecified atom stereocenters. The highest BCUT2D eigenvalue weighted by Crippen LogP contribution is 2.48. The number of amides is 1. The zero-order valence-electron chi connectivity index (χ0n) is 7.16. The molecule has 3 rings (SSSR count). The van der Waals surface area contributed by atoms with E-state index >= 15 is 0 Å². The van der Waals surface area contributed by atoms with Crippen molar-refractivity contribution in [1.82, 2.24) is 4.90 Å². The van der Waals surface area contributed by atoms with Crippen LogP contribution in [-0.4, -0.2) is 23.9 Å². The Labute approximate surface area is 67.6 Å². The molecule has 3 fully saturated rings. The van der Waals surface area contributed by atoms with Crippen LogP contribution < -0.4 is 0 Å². The maximum Gasteiger partial charge on any atom is 0.209 e. The molecule has 1 aliphatic carbocycles. The second-order valence-corrected chi connectivity index (χ2v) is 4.19. The molecule has 0 spiro atoms. The van der Waals surface area contributed by atoms with Gasteiger partial charge in [0.25, 0.3) is 0 Å². The van der Waals surface area contributed by atoms with Gasteiger partial charge in [0.1, 0.15) is 0 Å². The Balaban J connectivity index is 2.06. The topological polar surface area (TPSA) is 20.3 Å². The first-order valence-corrected chi connectivity index (χ1v) is 4.45. The number of carbonyl (C=O) groups is 1. The zero-order valence-corrected chi connectivity index (χ0v) is 7.16. The van der Waals surface area contributed by atoms with Crippen molar-refractivity contribution in [1.29, 1.82) is 0 Å². The molecule has 0 aromatic carbocycles. The molecule has 2 aliphatic heterocycles. The number of carbonyl (C=O) groups excluding carboxylic acids is 1. The number of hydrogen-bond acceptors (Lipinski definition) is 1. The summed E-state index contributed by atoms with van der Waals surface area (Å²) in [6, 6.07) is 0.595. The summed E-state index contributed by atoms with van der Waals surface area (Å²) >= 11 is 0. The number of fused-ring (bicyclic) bond motifs is 1. The molecule has 3 aliphatic rings. The minimum atomic E-state index is 0.595. The van der Waals surface area contributed by atoms with Gasteiger partial charge in [-0.15, -0.1) is 0 Å². The van der Waals surface area contributed by atoms with Crippen molar-refractivity contribution in [3.63, 3.8) is 0 Å². The Bertz CT molecular complexity index is 178. The molecule has 1 amide bonds. The minimum Gasteiger partial charge on any atom is -0.342 e. The van der Waals surface area contributed by atoms with Crippen LogP contribution in [0.5, 0.6) is 0 Å². The fourth-order valence-electron chi connectivity index (χ4n) is 2.81. The van der Waals surface area contributed by atoms with Crippen molar-refractivity contribution in [3.8, 4) is 0 Å². The number of rotatable bonds is 2. The molecule has 2 saturated heterocycles. The van der Waals surface area contributed by atoms with Gasteiger partial charge in [0, 0.05) is 12.6 Å². The zero-order chi connectivity index (χ0) is 8.01. The van der Waals surface area contributed by atoms with Crippen LogP contribution >= 0.6 is 0 Å². The average Bonchev–Trinajstić information content (AvgIpc) is 2.39. The van der Waals surface area contributed by atoms with Gasteiger partial charge < -0.3 is 4.90 Å². The summed E-state index contributed by atoms with van der Waals surface area (Å²) in [5.74, 6) is 2.38. The predicted octanol–water partition coefficient (Wildman–Crippen LogP) is 1.12. The normalized spacial score (nSPS) is 41.0. The van der Waals surface area contributed by atoms with Crippen molar-refractivity contribution in [2.24, 2.45) is 17.8 Å². The lowest BCUT2D eigenvalue weighted by atomic mass is 9.68. The molecule has 62 valence electrons. The summed E-state index contributed by atoms with van der Waals surface area (Å²) in [4.78, 5) is 12.5. The Hall–Kier alpha value is -0.530. The second kappa shape index (κ2) is 2.23. The Morgan fingerprint density at radius 1 is 1.55 bits per heavy atom. The highest BCUT2D eigenvalue weighted by atomic mass is 16.1. The van der Waals surface area contributed by atoms with Crippen LogP contribution in [0.3, 0.4) is 0 Å². The molecule has 0 radical (unpaired) electrons. The lowest BCUT2D eigenvalue weighted by molar-refractivity contribution is -0.119. The number of hydrogen-bond donors (Lipinski definition) is 0. The summed E-state index contributed by atoms with van der Waals surface area (Å²) in [5, 5.41) is 0. The molecule has 2 bridgehead atoms. The Kier molecular flexibility index (Phi) is 1.44. The molecule has 0 aromatic rings. The van der Waals surface area contributed by atoms with E-state index in [9.17, 15) is 4.79 Å². The fraction of sp³-hybridized carbons (Fsp3) is 0.889. The predicted molar refractivity (Wildman–Crippen MR) is 43.0 cm³/mol. The third-order valence-corrected chi connectivity index (χ3v) is 3.31. The van der Waals surface area contributed by atoms with E-state index in [0.717, 1.165) is 30.7 Å². The molecule has 3 atom stereocenters. The molecule has 2 nitrogen and oxygen atoms in total. The third-order valence-electron chi connectivity index (χ3n) is 3.31. The second-order valence-electron chi connectivity index (χ2n) is 4.19. The summed E-state index contributed by atoms with van der Waals surface area (Å²) in [6.45, 7) is 5.55. The van der Waals surface area contributed by atoms with E-state index in [0.29, 0.717) is 6.04 Å². The molecule has 0 N–H and O–H groups in total. The standard InChI is InChI=1S/C9H15NO/c1-6(2)9-7-3-8(9)10(4-7)5-11/h5-9H,3-4H2,1-2H3. The lowest BCUT2D eigenvalue weighted by Crippen LogP contribution is -2.41. The van der Waals surface area contributed by atoms with E-state index in [1.54, 1.807) is 0 Å². The maximum absolute atomic E-state index is 10.5. The first-order valence-electron chi connectivity index (χ1n) is 4.45. The van der Waals surface area contributed by atoms with E-state index in [-0.39, 0.29) is 0 Å². The van der Waals surface area contributed by atoms with Crippen molar-refractivity contribution >= 4 is 6.41 Å². The van der Waals surface area contributed by atoms with Crippen molar-refractivity contribution in [2.75, 3.05) is 6.54 Å². The van der Waals surface area contributed by atoms with Crippen LogP contribution in [0.25, 0.3) is 0 Å². The number of nitrogens with zero attached hydrogens (tertiary/aromatic N) is 1. The molecular formula is C9H15NO. The van der Waals surface area contributed by atoms with Crippen LogP contribution in [0, 0.1) is 17.8 Å². The van der Waals surface area contributed by atoms with Gasteiger partial charge in [-0.25, -0.2) is 0 Å². The first kappa shape index (κ1) is 7.14. The van der Waals surface area contributed by atoms with E-state index < -0.39 is 0 Å². The summed E-state index contributed by atoms with van der Waals surface area (Å²) < 4.78 is 0. The molecule has 1 saturated carbocycles. The first-order chi connectivity index (χ1) is 5.24. The van der Waals surface area contributed by atoms with Gasteiger partial charge in [-0.05, 0) is 24.2 Å². The summed E-state index contributed by atoms with van der Waals surface area (Å²) in [5.41, 5.74) is 0. The van der Waals surface area contributed by atoms with Gasteiger partial charge >= 0.3 is 0 Å². The summed E-state index contributed by atoms with van der Waals surface area (Å²) in [6.07, 6.45) is 2.29. The van der Waals surface area contributed by atoms with Crippen molar-refractivity contribution < 1.29 is 4.79 Å². The maximum atomic E-state index is 10.5. The van der Waals surface area contributed by atoms with Crippen LogP contribution in [-0.2, 0) is 4.79 Å². The molecule has 2 heteroatoms. The van der Waals surface area contributed by atoms with Gasteiger partial charge in [0.05, 0.1) is 0 Å². The van der Waals surface area contributed by atoms with Crippen LogP contribution in [0.15, 0.2) is 0 Å². The molecule has 0 aromatic heterocycles. The van der Waals surface area contributed by atoms with Gasteiger partial charge in [-0.1, -0.05) is 13.8 Å². The minimum absolute atomic E-state index is 0.595. The molecule has 11 heavy (non-hydrogen) atoms. The fourth-order valence-corrected chi connectivity index (χ4v) is 2.81. The molecular weight excluding hydrogens is 138 g/mol. The smallest absolute Gasteiger partial charge is 0.209 e. The quantitative estimate of drug-likeness (QED) is 0.544. The van der Waals surface area contributed by atoms with E-state index in [1.807, 2.05) is 4.90 Å². The Morgan fingerprint density at radius 2 is 2.27 bits per heavy atom. The largest absolute Gasteiger partial charge is 0.342 e. The third kappa shape index (κ3) is 0.815. The van der Waals surface area contributed by atoms with Gasteiger partial charge in [0.2, 0.25) is 6.41 Å². The monoisotopic (exact) mass is 153 g/mol. The van der Waals surface area contributed by atoms with Gasteiger partial charge in [-0.3, -0.25) is 4.79 Å². The van der Waals surface area contributed by atoms with E-state index in [1.165, 1.54) is 6.42 Å². The molecule has 2 heterocycles. The summed E-state index contributed by atoms with van der Waals surface area (Å²) in [7, 11) is 0. The van der Waals surface area contributed by atoms with Crippen LogP contribution in [0.4, 0.5) is 0 Å². The van der Waals surface area contributed by atoms with Crippen LogP contribution in [0.1, 0.15) is 20.3 Å². The average molecular weight is 153 g/mol. The van der Waals surface area contributed by atoms with Crippen LogP contribution in [0.2, 0.25) is 0 Å². The van der Waals surface area contributed by atoms with Gasteiger partial charge in [0.15, 0.2) is 0 Å².